The number of nitrogens with zero attached hydrogens (tertiary/aromatic N) is 4. The van der Waals surface area contributed by atoms with Gasteiger partial charge in [0.15, 0.2) is 5.13 Å². The number of aromatic nitrogens is 1. The molecule has 1 amide bonds. The van der Waals surface area contributed by atoms with Crippen molar-refractivity contribution >= 4 is 42.6 Å². The average Bonchev–Trinajstić information content (AvgIpc) is 3.30. The highest BCUT2D eigenvalue weighted by Crippen LogP contribution is 2.30. The van der Waals surface area contributed by atoms with Crippen molar-refractivity contribution in [1.29, 1.82) is 0 Å². The molecule has 4 aromatic rings. The van der Waals surface area contributed by atoms with Gasteiger partial charge in [0.2, 0.25) is 10.0 Å². The first-order valence-corrected chi connectivity index (χ1v) is 13.9. The highest BCUT2D eigenvalue weighted by Gasteiger charge is 2.24. The van der Waals surface area contributed by atoms with Gasteiger partial charge >= 0.3 is 0 Å². The molecule has 36 heavy (non-hydrogen) atoms. The molecule has 188 valence electrons. The lowest BCUT2D eigenvalue weighted by atomic mass is 10.2. The Morgan fingerprint density at radius 2 is 1.53 bits per heavy atom. The Bertz CT molecular complexity index is 1390. The van der Waals surface area contributed by atoms with Gasteiger partial charge in [0, 0.05) is 25.7 Å². The van der Waals surface area contributed by atoms with Gasteiger partial charge in [-0.25, -0.2) is 13.4 Å². The summed E-state index contributed by atoms with van der Waals surface area (Å²) in [5.74, 6) is -0.200. The van der Waals surface area contributed by atoms with Crippen molar-refractivity contribution in [2.45, 2.75) is 17.9 Å². The van der Waals surface area contributed by atoms with E-state index in [0.717, 1.165) is 28.7 Å². The summed E-state index contributed by atoms with van der Waals surface area (Å²) in [6, 6.07) is 23.4. The zero-order valence-electron chi connectivity index (χ0n) is 20.7. The predicted octanol–water partition coefficient (Wildman–Crippen LogP) is 4.72. The molecule has 1 heterocycles. The lowest BCUT2D eigenvalue weighted by Crippen LogP contribution is -2.33. The Kier molecular flexibility index (Phi) is 8.15. The summed E-state index contributed by atoms with van der Waals surface area (Å²) in [6.45, 7) is 1.61. The highest BCUT2D eigenvalue weighted by molar-refractivity contribution is 7.89. The first-order valence-electron chi connectivity index (χ1n) is 11.7. The molecule has 9 heteroatoms. The number of benzene rings is 3. The van der Waals surface area contributed by atoms with Crippen LogP contribution in [0, 0.1) is 0 Å². The van der Waals surface area contributed by atoms with Crippen LogP contribution in [0.3, 0.4) is 0 Å². The Morgan fingerprint density at radius 3 is 2.19 bits per heavy atom. The summed E-state index contributed by atoms with van der Waals surface area (Å²) in [7, 11) is 1.85. The molecule has 0 aliphatic carbocycles. The van der Waals surface area contributed by atoms with Crippen LogP contribution in [0.2, 0.25) is 0 Å². The van der Waals surface area contributed by atoms with Gasteiger partial charge in [-0.2, -0.15) is 4.31 Å². The third-order valence-corrected chi connectivity index (χ3v) is 8.68. The van der Waals surface area contributed by atoms with Crippen LogP contribution in [0.4, 0.5) is 5.13 Å². The molecule has 3 aromatic carbocycles. The Balaban J connectivity index is 1.56. The molecule has 0 aliphatic heterocycles. The average molecular weight is 523 g/mol. The largest absolute Gasteiger partial charge is 0.309 e. The monoisotopic (exact) mass is 522 g/mol. The number of fused-ring (bicyclic) bond motifs is 1. The second kappa shape index (κ2) is 11.3. The number of rotatable bonds is 10. The van der Waals surface area contributed by atoms with E-state index >= 15 is 0 Å². The zero-order chi connectivity index (χ0) is 25.7. The number of amides is 1. The number of hydrogen-bond donors (Lipinski definition) is 0. The first kappa shape index (κ1) is 26.0. The van der Waals surface area contributed by atoms with Gasteiger partial charge < -0.3 is 4.90 Å². The van der Waals surface area contributed by atoms with Crippen LogP contribution in [-0.4, -0.2) is 62.7 Å². The lowest BCUT2D eigenvalue weighted by molar-refractivity contribution is 0.0986. The molecule has 0 aliphatic rings. The van der Waals surface area contributed by atoms with E-state index in [4.69, 9.17) is 0 Å². The molecule has 0 atom stereocenters. The van der Waals surface area contributed by atoms with Crippen molar-refractivity contribution < 1.29 is 13.2 Å². The second-order valence-electron chi connectivity index (χ2n) is 8.85. The number of carbonyl (C=O) groups is 1. The van der Waals surface area contributed by atoms with E-state index in [1.807, 2.05) is 68.7 Å². The van der Waals surface area contributed by atoms with E-state index in [-0.39, 0.29) is 17.3 Å². The SMILES string of the molecule is CN(C)CCCN(C(=O)c1ccc(S(=O)(=O)N(C)Cc2ccccc2)cc1)c1nc2ccccc2s1. The summed E-state index contributed by atoms with van der Waals surface area (Å²) < 4.78 is 28.5. The molecule has 7 nitrogen and oxygen atoms in total. The van der Waals surface area contributed by atoms with E-state index < -0.39 is 10.0 Å². The normalized spacial score (nSPS) is 11.9. The minimum Gasteiger partial charge on any atom is -0.309 e. The van der Waals surface area contributed by atoms with E-state index in [1.165, 1.54) is 27.8 Å². The van der Waals surface area contributed by atoms with Gasteiger partial charge in [-0.05, 0) is 69.0 Å². The highest BCUT2D eigenvalue weighted by atomic mass is 32.2. The van der Waals surface area contributed by atoms with Crippen LogP contribution >= 0.6 is 11.3 Å². The summed E-state index contributed by atoms with van der Waals surface area (Å²) in [5.41, 5.74) is 2.18. The molecule has 0 N–H and O–H groups in total. The van der Waals surface area contributed by atoms with Crippen molar-refractivity contribution in [2.75, 3.05) is 39.1 Å². The standard InChI is InChI=1S/C27H30N4O3S2/c1-29(2)18-9-19-31(27-28-24-12-7-8-13-25(24)35-27)26(32)22-14-16-23(17-15-22)36(33,34)30(3)20-21-10-5-4-6-11-21/h4-8,10-17H,9,18-20H2,1-3H3. The van der Waals surface area contributed by atoms with Gasteiger partial charge in [-0.15, -0.1) is 0 Å². The van der Waals surface area contributed by atoms with Gasteiger partial charge in [0.25, 0.3) is 5.91 Å². The smallest absolute Gasteiger partial charge is 0.260 e. The zero-order valence-corrected chi connectivity index (χ0v) is 22.3. The van der Waals surface area contributed by atoms with Crippen LogP contribution in [0.1, 0.15) is 22.3 Å². The van der Waals surface area contributed by atoms with Crippen molar-refractivity contribution in [3.63, 3.8) is 0 Å². The van der Waals surface area contributed by atoms with Crippen molar-refractivity contribution in [3.05, 3.63) is 90.0 Å². The minimum absolute atomic E-state index is 0.150. The molecule has 0 saturated heterocycles. The topological polar surface area (TPSA) is 73.8 Å². The number of hydrogen-bond acceptors (Lipinski definition) is 6. The molecule has 0 fully saturated rings. The third kappa shape index (κ3) is 5.99. The minimum atomic E-state index is -3.70. The van der Waals surface area contributed by atoms with Crippen molar-refractivity contribution in [2.24, 2.45) is 0 Å². The van der Waals surface area contributed by atoms with Gasteiger partial charge in [0.05, 0.1) is 15.1 Å². The number of para-hydroxylation sites is 1. The number of anilines is 1. The molecule has 4 rings (SSSR count). The number of sulfonamides is 1. The Labute approximate surface area is 216 Å². The van der Waals surface area contributed by atoms with Crippen LogP contribution in [0.15, 0.2) is 83.8 Å². The Morgan fingerprint density at radius 1 is 0.861 bits per heavy atom. The number of thiazole rings is 1. The summed E-state index contributed by atoms with van der Waals surface area (Å²) in [5, 5.41) is 0.638. The molecular formula is C27H30N4O3S2. The maximum absolute atomic E-state index is 13.6. The Hall–Kier alpha value is -3.11. The summed E-state index contributed by atoms with van der Waals surface area (Å²) >= 11 is 1.48. The van der Waals surface area contributed by atoms with E-state index in [1.54, 1.807) is 24.1 Å². The fourth-order valence-corrected chi connectivity index (χ4v) is 5.98. The van der Waals surface area contributed by atoms with E-state index in [9.17, 15) is 13.2 Å². The molecule has 0 saturated carbocycles. The molecule has 0 radical (unpaired) electrons. The maximum atomic E-state index is 13.6. The van der Waals surface area contributed by atoms with Gasteiger partial charge in [-0.1, -0.05) is 53.8 Å². The van der Waals surface area contributed by atoms with Crippen LogP contribution < -0.4 is 4.90 Å². The van der Waals surface area contributed by atoms with Crippen molar-refractivity contribution in [1.82, 2.24) is 14.2 Å². The van der Waals surface area contributed by atoms with Gasteiger partial charge in [-0.3, -0.25) is 9.69 Å². The fraction of sp³-hybridized carbons (Fsp3) is 0.259. The molecule has 1 aromatic heterocycles. The quantitative estimate of drug-likeness (QED) is 0.301. The number of carbonyl (C=O) groups excluding carboxylic acids is 1. The van der Waals surface area contributed by atoms with Crippen LogP contribution in [0.5, 0.6) is 0 Å². The van der Waals surface area contributed by atoms with Crippen LogP contribution in [-0.2, 0) is 16.6 Å². The fourth-order valence-electron chi connectivity index (χ4n) is 3.84. The first-order chi connectivity index (χ1) is 17.3. The predicted molar refractivity (Wildman–Crippen MR) is 146 cm³/mol. The third-order valence-electron chi connectivity index (χ3n) is 5.80. The summed E-state index contributed by atoms with van der Waals surface area (Å²) in [6.07, 6.45) is 0.783. The molecule has 0 spiro atoms. The summed E-state index contributed by atoms with van der Waals surface area (Å²) in [4.78, 5) is 22.2. The van der Waals surface area contributed by atoms with E-state index in [2.05, 4.69) is 9.88 Å². The van der Waals surface area contributed by atoms with E-state index in [0.29, 0.717) is 17.2 Å². The van der Waals surface area contributed by atoms with Crippen LogP contribution in [0.25, 0.3) is 10.2 Å². The lowest BCUT2D eigenvalue weighted by Gasteiger charge is -2.21. The molecular weight excluding hydrogens is 492 g/mol. The molecule has 0 unspecified atom stereocenters. The van der Waals surface area contributed by atoms with Crippen molar-refractivity contribution in [3.8, 4) is 0 Å². The molecule has 0 bridgehead atoms. The van der Waals surface area contributed by atoms with Gasteiger partial charge in [0.1, 0.15) is 0 Å². The maximum Gasteiger partial charge on any atom is 0.260 e. The second-order valence-corrected chi connectivity index (χ2v) is 11.9.